The Morgan fingerprint density at radius 2 is 2.04 bits per heavy atom. The number of pyridine rings is 1. The van der Waals surface area contributed by atoms with Gasteiger partial charge in [-0.2, -0.15) is 0 Å². The predicted octanol–water partition coefficient (Wildman–Crippen LogP) is 4.65. The van der Waals surface area contributed by atoms with Crippen molar-refractivity contribution in [1.29, 1.82) is 0 Å². The summed E-state index contributed by atoms with van der Waals surface area (Å²) < 4.78 is 14.1. The number of rotatable bonds is 5. The average molecular weight is 414 g/mol. The van der Waals surface area contributed by atoms with Gasteiger partial charge in [0.2, 0.25) is 0 Å². The molecule has 4 aromatic rings. The number of fused-ring (bicyclic) bond motifs is 1. The van der Waals surface area contributed by atoms with Crippen molar-refractivity contribution in [2.45, 2.75) is 6.54 Å². The lowest BCUT2D eigenvalue weighted by Gasteiger charge is -2.18. The molecule has 0 aliphatic rings. The van der Waals surface area contributed by atoms with E-state index < -0.39 is 10.8 Å². The summed E-state index contributed by atoms with van der Waals surface area (Å²) in [4.78, 5) is 33.8. The summed E-state index contributed by atoms with van der Waals surface area (Å²) in [7, 11) is 0. The molecular weight excluding hydrogens is 403 g/mol. The van der Waals surface area contributed by atoms with E-state index in [0.29, 0.717) is 21.0 Å². The standard InChI is InChI=1S/C18H11FN4O3S2/c19-11-4-5-13-15(9-11)28-18(21-13)22(10-12-3-1-2-8-20-12)17(24)14-6-7-16(27-14)23(25)26/h1-9H,10H2. The van der Waals surface area contributed by atoms with E-state index in [9.17, 15) is 19.3 Å². The third kappa shape index (κ3) is 3.59. The van der Waals surface area contributed by atoms with Gasteiger partial charge in [0.15, 0.2) is 5.13 Å². The van der Waals surface area contributed by atoms with E-state index in [1.54, 1.807) is 30.5 Å². The maximum absolute atomic E-state index is 13.5. The highest BCUT2D eigenvalue weighted by molar-refractivity contribution is 7.22. The minimum absolute atomic E-state index is 0.118. The Hall–Kier alpha value is -3.24. The molecule has 1 aromatic carbocycles. The first-order valence-electron chi connectivity index (χ1n) is 8.03. The zero-order chi connectivity index (χ0) is 19.7. The molecule has 0 bridgehead atoms. The summed E-state index contributed by atoms with van der Waals surface area (Å²) in [5.41, 5.74) is 1.20. The minimum atomic E-state index is -0.537. The molecule has 0 saturated carbocycles. The SMILES string of the molecule is O=C(c1ccc([N+](=O)[O-])s1)N(Cc1ccccn1)c1nc2ccc(F)cc2s1. The second-order valence-corrected chi connectivity index (χ2v) is 7.79. The first-order valence-corrected chi connectivity index (χ1v) is 9.66. The summed E-state index contributed by atoms with van der Waals surface area (Å²) in [6.45, 7) is 0.133. The van der Waals surface area contributed by atoms with E-state index >= 15 is 0 Å². The molecule has 0 atom stereocenters. The Bertz CT molecular complexity index is 1180. The van der Waals surface area contributed by atoms with Gasteiger partial charge in [-0.15, -0.1) is 0 Å². The lowest BCUT2D eigenvalue weighted by molar-refractivity contribution is -0.380. The molecule has 10 heteroatoms. The molecule has 3 heterocycles. The van der Waals surface area contributed by atoms with Crippen LogP contribution in [0.3, 0.4) is 0 Å². The zero-order valence-corrected chi connectivity index (χ0v) is 15.7. The van der Waals surface area contributed by atoms with Crippen LogP contribution < -0.4 is 4.90 Å². The second kappa shape index (κ2) is 7.41. The number of carbonyl (C=O) groups excluding carboxylic acids is 1. The number of hydrogen-bond acceptors (Lipinski definition) is 7. The number of halogens is 1. The van der Waals surface area contributed by atoms with Crippen LogP contribution in [0.1, 0.15) is 15.4 Å². The van der Waals surface area contributed by atoms with Gasteiger partial charge in [-0.05, 0) is 36.4 Å². The van der Waals surface area contributed by atoms with Crippen LogP contribution in [0.15, 0.2) is 54.7 Å². The highest BCUT2D eigenvalue weighted by Crippen LogP contribution is 2.33. The molecule has 0 spiro atoms. The molecule has 0 saturated heterocycles. The lowest BCUT2D eigenvalue weighted by atomic mass is 10.3. The number of thiophene rings is 1. The summed E-state index contributed by atoms with van der Waals surface area (Å²) in [6, 6.07) is 12.3. The summed E-state index contributed by atoms with van der Waals surface area (Å²) in [5.74, 6) is -0.817. The molecule has 0 N–H and O–H groups in total. The van der Waals surface area contributed by atoms with Crippen molar-refractivity contribution in [3.05, 3.63) is 81.2 Å². The van der Waals surface area contributed by atoms with E-state index in [0.717, 1.165) is 11.3 Å². The van der Waals surface area contributed by atoms with Gasteiger partial charge in [-0.25, -0.2) is 9.37 Å². The fourth-order valence-corrected chi connectivity index (χ4v) is 4.31. The highest BCUT2D eigenvalue weighted by atomic mass is 32.1. The lowest BCUT2D eigenvalue weighted by Crippen LogP contribution is -2.30. The molecule has 0 aliphatic carbocycles. The number of hydrogen-bond donors (Lipinski definition) is 0. The summed E-state index contributed by atoms with van der Waals surface area (Å²) in [6.07, 6.45) is 1.61. The Morgan fingerprint density at radius 3 is 2.75 bits per heavy atom. The van der Waals surface area contributed by atoms with Crippen LogP contribution in [0.2, 0.25) is 0 Å². The van der Waals surface area contributed by atoms with Gasteiger partial charge in [0.05, 0.1) is 32.3 Å². The highest BCUT2D eigenvalue weighted by Gasteiger charge is 2.25. The molecule has 0 radical (unpaired) electrons. The van der Waals surface area contributed by atoms with Crippen molar-refractivity contribution < 1.29 is 14.1 Å². The third-order valence-corrected chi connectivity index (χ3v) is 5.91. The monoisotopic (exact) mass is 414 g/mol. The van der Waals surface area contributed by atoms with Crippen molar-refractivity contribution in [3.8, 4) is 0 Å². The molecule has 0 aliphatic heterocycles. The Morgan fingerprint density at radius 1 is 1.18 bits per heavy atom. The molecule has 0 unspecified atom stereocenters. The molecular formula is C18H11FN4O3S2. The smallest absolute Gasteiger partial charge is 0.277 e. The minimum Gasteiger partial charge on any atom is -0.277 e. The number of benzene rings is 1. The predicted molar refractivity (Wildman–Crippen MR) is 105 cm³/mol. The van der Waals surface area contributed by atoms with E-state index in [-0.39, 0.29) is 22.2 Å². The number of carbonyl (C=O) groups is 1. The van der Waals surface area contributed by atoms with Crippen molar-refractivity contribution >= 4 is 48.9 Å². The van der Waals surface area contributed by atoms with Gasteiger partial charge in [0, 0.05) is 12.3 Å². The first kappa shape index (κ1) is 18.1. The molecule has 1 amide bonds. The zero-order valence-electron chi connectivity index (χ0n) is 14.1. The Labute approximate surface area is 165 Å². The number of nitrogens with zero attached hydrogens (tertiary/aromatic N) is 4. The van der Waals surface area contributed by atoms with Gasteiger partial charge >= 0.3 is 5.00 Å². The number of nitro groups is 1. The second-order valence-electron chi connectivity index (χ2n) is 5.72. The van der Waals surface area contributed by atoms with Crippen LogP contribution in [0, 0.1) is 15.9 Å². The van der Waals surface area contributed by atoms with Gasteiger partial charge < -0.3 is 0 Å². The summed E-state index contributed by atoms with van der Waals surface area (Å²) in [5, 5.41) is 11.2. The van der Waals surface area contributed by atoms with Crippen LogP contribution in [0.25, 0.3) is 10.2 Å². The fraction of sp³-hybridized carbons (Fsp3) is 0.0556. The number of thiazole rings is 1. The molecule has 7 nitrogen and oxygen atoms in total. The molecule has 140 valence electrons. The van der Waals surface area contributed by atoms with Gasteiger partial charge in [-0.1, -0.05) is 28.7 Å². The number of aromatic nitrogens is 2. The largest absolute Gasteiger partial charge is 0.324 e. The van der Waals surface area contributed by atoms with Crippen LogP contribution in [0.5, 0.6) is 0 Å². The first-order chi connectivity index (χ1) is 13.5. The van der Waals surface area contributed by atoms with Crippen LogP contribution in [0.4, 0.5) is 14.5 Å². The third-order valence-electron chi connectivity index (χ3n) is 3.84. The van der Waals surface area contributed by atoms with Crippen molar-refractivity contribution in [2.24, 2.45) is 0 Å². The fourth-order valence-electron chi connectivity index (χ4n) is 2.56. The van der Waals surface area contributed by atoms with E-state index in [4.69, 9.17) is 0 Å². The number of amides is 1. The van der Waals surface area contributed by atoms with Crippen molar-refractivity contribution in [1.82, 2.24) is 9.97 Å². The average Bonchev–Trinajstić information content (AvgIpc) is 3.33. The number of anilines is 1. The maximum atomic E-state index is 13.5. The van der Waals surface area contributed by atoms with Crippen molar-refractivity contribution in [3.63, 3.8) is 0 Å². The Balaban J connectivity index is 1.75. The summed E-state index contributed by atoms with van der Waals surface area (Å²) >= 11 is 1.97. The van der Waals surface area contributed by atoms with Gasteiger partial charge in [0.25, 0.3) is 5.91 Å². The van der Waals surface area contributed by atoms with Crippen LogP contribution >= 0.6 is 22.7 Å². The van der Waals surface area contributed by atoms with Crippen LogP contribution in [-0.2, 0) is 6.54 Å². The molecule has 4 rings (SSSR count). The van der Waals surface area contributed by atoms with Gasteiger partial charge in [-0.3, -0.25) is 24.8 Å². The molecule has 0 fully saturated rings. The van der Waals surface area contributed by atoms with Crippen molar-refractivity contribution in [2.75, 3.05) is 4.90 Å². The molecule has 3 aromatic heterocycles. The normalized spacial score (nSPS) is 10.9. The van der Waals surface area contributed by atoms with Gasteiger partial charge in [0.1, 0.15) is 5.82 Å². The van der Waals surface area contributed by atoms with E-state index in [1.165, 1.54) is 40.5 Å². The van der Waals surface area contributed by atoms with E-state index in [1.807, 2.05) is 0 Å². The van der Waals surface area contributed by atoms with E-state index in [2.05, 4.69) is 9.97 Å². The topological polar surface area (TPSA) is 89.2 Å². The van der Waals surface area contributed by atoms with Crippen LogP contribution in [-0.4, -0.2) is 20.8 Å². The Kier molecular flexibility index (Phi) is 4.80. The molecule has 28 heavy (non-hydrogen) atoms. The maximum Gasteiger partial charge on any atom is 0.324 e. The quantitative estimate of drug-likeness (QED) is 0.350.